The van der Waals surface area contributed by atoms with E-state index >= 15 is 0 Å². The lowest BCUT2D eigenvalue weighted by atomic mass is 10.0. The lowest BCUT2D eigenvalue weighted by Crippen LogP contribution is -2.31. The monoisotopic (exact) mass is 435 g/mol. The van der Waals surface area contributed by atoms with Gasteiger partial charge in [0.15, 0.2) is 5.69 Å². The van der Waals surface area contributed by atoms with Crippen molar-refractivity contribution in [2.24, 2.45) is 0 Å². The van der Waals surface area contributed by atoms with Crippen molar-refractivity contribution in [2.75, 3.05) is 0 Å². The van der Waals surface area contributed by atoms with Crippen molar-refractivity contribution >= 4 is 11.6 Å². The van der Waals surface area contributed by atoms with Crippen LogP contribution in [-0.2, 0) is 25.6 Å². The van der Waals surface area contributed by atoms with E-state index in [0.717, 1.165) is 10.9 Å². The summed E-state index contributed by atoms with van der Waals surface area (Å²) in [7, 11) is 0. The summed E-state index contributed by atoms with van der Waals surface area (Å²) in [6, 6.07) is 7.71. The van der Waals surface area contributed by atoms with Crippen LogP contribution in [0.1, 0.15) is 27.9 Å². The normalized spacial score (nSPS) is 11.3. The lowest BCUT2D eigenvalue weighted by molar-refractivity contribution is -0.142. The molecule has 0 saturated carbocycles. The van der Waals surface area contributed by atoms with Gasteiger partial charge in [-0.25, -0.2) is 10.1 Å². The summed E-state index contributed by atoms with van der Waals surface area (Å²) >= 11 is 5.93. The van der Waals surface area contributed by atoms with Gasteiger partial charge in [-0.05, 0) is 42.7 Å². The molecule has 0 radical (unpaired) electrons. The van der Waals surface area contributed by atoms with Crippen molar-refractivity contribution in [3.8, 4) is 6.07 Å². The summed E-state index contributed by atoms with van der Waals surface area (Å²) < 4.78 is 41.2. The number of aryl methyl sites for hydroxylation is 1. The third-order valence-electron chi connectivity index (χ3n) is 4.30. The first-order valence-electron chi connectivity index (χ1n) is 8.56. The molecule has 0 aliphatic heterocycles. The number of aromatic amines is 1. The van der Waals surface area contributed by atoms with Crippen molar-refractivity contribution in [1.82, 2.24) is 19.7 Å². The second-order valence-corrected chi connectivity index (χ2v) is 6.81. The molecule has 0 unspecified atom stereocenters. The maximum atomic E-state index is 13.4. The van der Waals surface area contributed by atoms with Gasteiger partial charge < -0.3 is 0 Å². The predicted molar refractivity (Wildman–Crippen MR) is 101 cm³/mol. The highest BCUT2D eigenvalue weighted by molar-refractivity contribution is 6.30. The molecule has 11 heteroatoms. The molecule has 0 fully saturated rings. The first-order valence-corrected chi connectivity index (χ1v) is 8.94. The third-order valence-corrected chi connectivity index (χ3v) is 4.52. The average Bonchev–Trinajstić information content (AvgIpc) is 2.68. The van der Waals surface area contributed by atoms with Crippen LogP contribution in [0.25, 0.3) is 0 Å². The van der Waals surface area contributed by atoms with E-state index in [1.54, 1.807) is 0 Å². The van der Waals surface area contributed by atoms with E-state index in [4.69, 9.17) is 16.9 Å². The number of halogens is 4. The zero-order valence-electron chi connectivity index (χ0n) is 15.2. The molecule has 1 aromatic carbocycles. The van der Waals surface area contributed by atoms with Crippen molar-refractivity contribution in [1.29, 1.82) is 5.26 Å². The van der Waals surface area contributed by atoms with Gasteiger partial charge in [-0.2, -0.15) is 23.5 Å². The van der Waals surface area contributed by atoms with E-state index in [-0.39, 0.29) is 35.5 Å². The van der Waals surface area contributed by atoms with Crippen molar-refractivity contribution < 1.29 is 13.2 Å². The van der Waals surface area contributed by atoms with Gasteiger partial charge in [0.1, 0.15) is 0 Å². The molecule has 0 atom stereocenters. The first-order chi connectivity index (χ1) is 14.2. The second-order valence-electron chi connectivity index (χ2n) is 6.37. The molecule has 0 amide bonds. The van der Waals surface area contributed by atoms with Crippen LogP contribution in [0, 0.1) is 11.3 Å². The summed E-state index contributed by atoms with van der Waals surface area (Å²) in [4.78, 5) is 28.0. The molecular formula is C19H13ClF3N5O2. The molecule has 7 nitrogen and oxygen atoms in total. The molecule has 30 heavy (non-hydrogen) atoms. The van der Waals surface area contributed by atoms with Crippen LogP contribution in [0.5, 0.6) is 0 Å². The molecule has 3 aromatic rings. The number of rotatable bonds is 5. The molecule has 154 valence electrons. The second kappa shape index (κ2) is 8.51. The van der Waals surface area contributed by atoms with Crippen LogP contribution in [0.2, 0.25) is 5.02 Å². The van der Waals surface area contributed by atoms with Gasteiger partial charge >= 0.3 is 6.18 Å². The standard InChI is InChI=1S/C19H13ClF3N5O2/c20-14-6-11(5-12(7-14)8-24)1-2-15-16(19(21,22)23)25-10-28(18(15)30)9-13-3-4-26-27-17(13)29/h3-7,10H,1-2,9H2,(H,27,29). The molecule has 0 aliphatic rings. The van der Waals surface area contributed by atoms with Crippen molar-refractivity contribution in [3.63, 3.8) is 0 Å². The Labute approximate surface area is 172 Å². The van der Waals surface area contributed by atoms with Crippen LogP contribution in [-0.4, -0.2) is 19.7 Å². The number of aromatic nitrogens is 4. The highest BCUT2D eigenvalue weighted by atomic mass is 35.5. The Morgan fingerprint density at radius 1 is 1.20 bits per heavy atom. The van der Waals surface area contributed by atoms with Crippen LogP contribution in [0.15, 0.2) is 46.4 Å². The lowest BCUT2D eigenvalue weighted by Gasteiger charge is -2.14. The van der Waals surface area contributed by atoms with Crippen molar-refractivity contribution in [2.45, 2.75) is 25.6 Å². The molecule has 2 aromatic heterocycles. The Morgan fingerprint density at radius 2 is 1.97 bits per heavy atom. The fraction of sp³-hybridized carbons (Fsp3) is 0.211. The van der Waals surface area contributed by atoms with Gasteiger partial charge in [-0.3, -0.25) is 14.2 Å². The van der Waals surface area contributed by atoms with E-state index in [1.165, 1.54) is 30.5 Å². The van der Waals surface area contributed by atoms with Crippen LogP contribution in [0.3, 0.4) is 0 Å². The smallest absolute Gasteiger partial charge is 0.294 e. The fourth-order valence-corrected chi connectivity index (χ4v) is 3.18. The summed E-state index contributed by atoms with van der Waals surface area (Å²) in [5.41, 5.74) is -2.37. The number of hydrogen-bond acceptors (Lipinski definition) is 5. The maximum Gasteiger partial charge on any atom is 0.433 e. The zero-order valence-corrected chi connectivity index (χ0v) is 16.0. The van der Waals surface area contributed by atoms with Crippen LogP contribution >= 0.6 is 11.6 Å². The number of nitrogens with zero attached hydrogens (tertiary/aromatic N) is 4. The predicted octanol–water partition coefficient (Wildman–Crippen LogP) is 2.70. The summed E-state index contributed by atoms with van der Waals surface area (Å²) in [5, 5.41) is 15.0. The molecular weight excluding hydrogens is 423 g/mol. The highest BCUT2D eigenvalue weighted by Crippen LogP contribution is 2.29. The quantitative estimate of drug-likeness (QED) is 0.663. The first kappa shape index (κ1) is 21.3. The molecule has 0 bridgehead atoms. The number of benzene rings is 1. The maximum absolute atomic E-state index is 13.4. The Morgan fingerprint density at radius 3 is 2.63 bits per heavy atom. The van der Waals surface area contributed by atoms with Gasteiger partial charge in [0, 0.05) is 22.3 Å². The van der Waals surface area contributed by atoms with Gasteiger partial charge in [-0.15, -0.1) is 0 Å². The number of H-pyrrole nitrogens is 1. The van der Waals surface area contributed by atoms with Gasteiger partial charge in [0.05, 0.1) is 24.5 Å². The zero-order chi connectivity index (χ0) is 21.9. The Balaban J connectivity index is 2.00. The number of hydrogen-bond donors (Lipinski definition) is 1. The average molecular weight is 436 g/mol. The highest BCUT2D eigenvalue weighted by Gasteiger charge is 2.36. The molecule has 1 N–H and O–H groups in total. The van der Waals surface area contributed by atoms with E-state index in [1.807, 2.05) is 6.07 Å². The van der Waals surface area contributed by atoms with Crippen LogP contribution in [0.4, 0.5) is 13.2 Å². The van der Waals surface area contributed by atoms with Gasteiger partial charge in [0.25, 0.3) is 11.1 Å². The third kappa shape index (κ3) is 4.75. The number of alkyl halides is 3. The minimum atomic E-state index is -4.83. The Hall–Kier alpha value is -3.45. The minimum absolute atomic E-state index is 0.0368. The number of nitriles is 1. The molecule has 0 spiro atoms. The topological polar surface area (TPSA) is 104 Å². The molecule has 2 heterocycles. The van der Waals surface area contributed by atoms with E-state index < -0.39 is 28.6 Å². The SMILES string of the molecule is N#Cc1cc(Cl)cc(CCc2c(C(F)(F)F)ncn(Cc3ccn[nH]c3=O)c2=O)c1. The van der Waals surface area contributed by atoms with E-state index in [0.29, 0.717) is 5.56 Å². The molecule has 0 saturated heterocycles. The summed E-state index contributed by atoms with van der Waals surface area (Å²) in [5.74, 6) is 0. The van der Waals surface area contributed by atoms with Gasteiger partial charge in [0.2, 0.25) is 0 Å². The minimum Gasteiger partial charge on any atom is -0.294 e. The van der Waals surface area contributed by atoms with Gasteiger partial charge in [-0.1, -0.05) is 11.6 Å². The summed E-state index contributed by atoms with van der Waals surface area (Å²) in [6.45, 7) is -0.259. The fourth-order valence-electron chi connectivity index (χ4n) is 2.92. The van der Waals surface area contributed by atoms with E-state index in [2.05, 4.69) is 15.2 Å². The molecule has 3 rings (SSSR count). The van der Waals surface area contributed by atoms with Crippen molar-refractivity contribution in [3.05, 3.63) is 90.5 Å². The Kier molecular flexibility index (Phi) is 6.03. The Bertz CT molecular complexity index is 1240. The summed E-state index contributed by atoms with van der Waals surface area (Å²) in [6.07, 6.45) is -3.00. The van der Waals surface area contributed by atoms with Crippen LogP contribution < -0.4 is 11.1 Å². The number of nitrogens with one attached hydrogen (secondary N) is 1. The largest absolute Gasteiger partial charge is 0.433 e. The molecule has 0 aliphatic carbocycles. The van der Waals surface area contributed by atoms with E-state index in [9.17, 15) is 22.8 Å².